The van der Waals surface area contributed by atoms with E-state index in [9.17, 15) is 33.2 Å². The van der Waals surface area contributed by atoms with Crippen molar-refractivity contribution in [2.45, 2.75) is 6.18 Å². The van der Waals surface area contributed by atoms with Gasteiger partial charge in [-0.1, -0.05) is 11.6 Å². The zero-order chi connectivity index (χ0) is 18.5. The summed E-state index contributed by atoms with van der Waals surface area (Å²) in [4.78, 5) is 21.4. The predicted molar refractivity (Wildman–Crippen MR) is 79.9 cm³/mol. The second-order valence-electron chi connectivity index (χ2n) is 4.98. The normalized spacial score (nSPS) is 12.5. The summed E-state index contributed by atoms with van der Waals surface area (Å²) in [6, 6.07) is 3.31. The Labute approximate surface area is 141 Å². The fourth-order valence-electron chi connectivity index (χ4n) is 2.29. The fraction of sp³-hybridized carbons (Fsp3) is 0.0714. The predicted octanol–water partition coefficient (Wildman–Crippen LogP) is 4.81. The number of hydrogen-bond donors (Lipinski definition) is 2. The fourth-order valence-corrected chi connectivity index (χ4v) is 2.55. The van der Waals surface area contributed by atoms with Crippen molar-refractivity contribution in [3.63, 3.8) is 0 Å². The van der Waals surface area contributed by atoms with Crippen LogP contribution in [-0.2, 0) is 6.18 Å². The second kappa shape index (κ2) is 5.52. The first-order valence-corrected chi connectivity index (χ1v) is 6.87. The number of fused-ring (bicyclic) bond motifs is 2. The number of aromatic carboxylic acids is 1. The minimum Gasteiger partial charge on any atom is -0.478 e. The van der Waals surface area contributed by atoms with Crippen LogP contribution in [0.4, 0.5) is 30.2 Å². The van der Waals surface area contributed by atoms with Gasteiger partial charge in [-0.3, -0.25) is 10.1 Å². The largest absolute Gasteiger partial charge is 0.478 e. The Bertz CT molecular complexity index is 930. The van der Waals surface area contributed by atoms with Crippen LogP contribution in [0.15, 0.2) is 24.3 Å². The summed E-state index contributed by atoms with van der Waals surface area (Å²) in [6.45, 7) is 0. The lowest BCUT2D eigenvalue weighted by atomic mass is 10.1. The third kappa shape index (κ3) is 2.91. The number of benzene rings is 2. The van der Waals surface area contributed by atoms with Gasteiger partial charge in [-0.2, -0.15) is 13.2 Å². The van der Waals surface area contributed by atoms with E-state index in [-0.39, 0.29) is 22.9 Å². The minimum absolute atomic E-state index is 0.123. The molecule has 0 bridgehead atoms. The Morgan fingerprint density at radius 3 is 2.48 bits per heavy atom. The van der Waals surface area contributed by atoms with Crippen LogP contribution in [0.1, 0.15) is 15.9 Å². The smallest absolute Gasteiger partial charge is 0.417 e. The Kier molecular flexibility index (Phi) is 3.72. The highest BCUT2D eigenvalue weighted by Crippen LogP contribution is 2.49. The molecular weight excluding hydrogens is 369 g/mol. The van der Waals surface area contributed by atoms with Gasteiger partial charge in [-0.15, -0.1) is 0 Å². The molecule has 2 aromatic carbocycles. The molecule has 0 spiro atoms. The number of alkyl halides is 3. The van der Waals surface area contributed by atoms with Crippen LogP contribution in [0.2, 0.25) is 5.02 Å². The van der Waals surface area contributed by atoms with Crippen LogP contribution >= 0.6 is 11.6 Å². The van der Waals surface area contributed by atoms with Crippen molar-refractivity contribution in [1.82, 2.24) is 0 Å². The molecule has 3 rings (SSSR count). The van der Waals surface area contributed by atoms with Crippen molar-refractivity contribution in [2.24, 2.45) is 0 Å². The quantitative estimate of drug-likeness (QED) is 0.493. The number of anilines is 2. The van der Waals surface area contributed by atoms with Gasteiger partial charge >= 0.3 is 12.1 Å². The van der Waals surface area contributed by atoms with Gasteiger partial charge < -0.3 is 15.2 Å². The third-order valence-corrected chi connectivity index (χ3v) is 3.70. The first-order chi connectivity index (χ1) is 11.6. The summed E-state index contributed by atoms with van der Waals surface area (Å²) in [6.07, 6.45) is -4.72. The molecule has 0 atom stereocenters. The number of halogens is 4. The maximum absolute atomic E-state index is 12.9. The number of nitro benzene ring substituents is 1. The monoisotopic (exact) mass is 374 g/mol. The van der Waals surface area contributed by atoms with Crippen LogP contribution in [0.25, 0.3) is 0 Å². The van der Waals surface area contributed by atoms with Crippen LogP contribution in [0.5, 0.6) is 11.5 Å². The Balaban J connectivity index is 2.17. The van der Waals surface area contributed by atoms with Gasteiger partial charge in [-0.05, 0) is 6.07 Å². The van der Waals surface area contributed by atoms with Crippen LogP contribution < -0.4 is 10.1 Å². The molecule has 0 aromatic heterocycles. The molecule has 2 aromatic rings. The van der Waals surface area contributed by atoms with Crippen molar-refractivity contribution in [3.8, 4) is 11.5 Å². The molecule has 11 heteroatoms. The minimum atomic E-state index is -4.72. The molecule has 0 amide bonds. The number of rotatable bonds is 2. The van der Waals surface area contributed by atoms with Crippen molar-refractivity contribution in [2.75, 3.05) is 5.32 Å². The van der Waals surface area contributed by atoms with E-state index in [0.29, 0.717) is 6.07 Å². The number of non-ortho nitro benzene ring substituents is 1. The first-order valence-electron chi connectivity index (χ1n) is 6.49. The maximum atomic E-state index is 12.9. The number of carbonyl (C=O) groups is 1. The van der Waals surface area contributed by atoms with Crippen LogP contribution in [0.3, 0.4) is 0 Å². The number of ether oxygens (including phenoxy) is 1. The topological polar surface area (TPSA) is 102 Å². The first kappa shape index (κ1) is 16.8. The average molecular weight is 375 g/mol. The van der Waals surface area contributed by atoms with Crippen LogP contribution in [-0.4, -0.2) is 16.0 Å². The van der Waals surface area contributed by atoms with E-state index < -0.39 is 38.9 Å². The highest BCUT2D eigenvalue weighted by atomic mass is 35.5. The van der Waals surface area contributed by atoms with E-state index in [1.54, 1.807) is 0 Å². The standard InChI is InChI=1S/C14H6ClF3N2O5/c15-8-4-10-9(3-7(8)14(16,17)18)19-12-6(13(21)22)1-5(20(23)24)2-11(12)25-10/h1-4,19H,(H,21,22). The average Bonchev–Trinajstić information content (AvgIpc) is 2.49. The number of carboxylic acids is 1. The molecule has 1 heterocycles. The summed E-state index contributed by atoms with van der Waals surface area (Å²) in [5.41, 5.74) is -2.55. The van der Waals surface area contributed by atoms with Crippen molar-refractivity contribution in [1.29, 1.82) is 0 Å². The molecule has 1 aliphatic rings. The SMILES string of the molecule is O=C(O)c1cc([N+](=O)[O-])cc2c1Nc1cc(C(F)(F)F)c(Cl)cc1O2. The van der Waals surface area contributed by atoms with Gasteiger partial charge in [0, 0.05) is 12.1 Å². The highest BCUT2D eigenvalue weighted by Gasteiger charge is 2.36. The Hall–Kier alpha value is -3.01. The molecule has 2 N–H and O–H groups in total. The lowest BCUT2D eigenvalue weighted by Gasteiger charge is -2.24. The second-order valence-corrected chi connectivity index (χ2v) is 5.39. The lowest BCUT2D eigenvalue weighted by Crippen LogP contribution is -2.12. The summed E-state index contributed by atoms with van der Waals surface area (Å²) in [5.74, 6) is -1.85. The zero-order valence-corrected chi connectivity index (χ0v) is 12.6. The zero-order valence-electron chi connectivity index (χ0n) is 11.8. The van der Waals surface area contributed by atoms with Gasteiger partial charge in [0.25, 0.3) is 5.69 Å². The van der Waals surface area contributed by atoms with Gasteiger partial charge in [-0.25, -0.2) is 4.79 Å². The molecule has 130 valence electrons. The molecular formula is C14H6ClF3N2O5. The molecule has 0 unspecified atom stereocenters. The van der Waals surface area contributed by atoms with Gasteiger partial charge in [0.05, 0.1) is 38.5 Å². The van der Waals surface area contributed by atoms with Gasteiger partial charge in [0.15, 0.2) is 11.5 Å². The molecule has 0 fully saturated rings. The number of nitrogens with one attached hydrogen (secondary N) is 1. The van der Waals surface area contributed by atoms with Crippen LogP contribution in [0, 0.1) is 10.1 Å². The van der Waals surface area contributed by atoms with E-state index in [2.05, 4.69) is 5.32 Å². The Morgan fingerprint density at radius 1 is 1.24 bits per heavy atom. The number of carboxylic acid groups (broad SMARTS) is 1. The molecule has 1 aliphatic heterocycles. The van der Waals surface area contributed by atoms with Gasteiger partial charge in [0.1, 0.15) is 0 Å². The van der Waals surface area contributed by atoms with Crippen molar-refractivity contribution >= 4 is 34.6 Å². The van der Waals surface area contributed by atoms with E-state index in [1.165, 1.54) is 0 Å². The third-order valence-electron chi connectivity index (χ3n) is 3.38. The van der Waals surface area contributed by atoms with Crippen molar-refractivity contribution < 1.29 is 32.7 Å². The van der Waals surface area contributed by atoms with E-state index in [4.69, 9.17) is 16.3 Å². The van der Waals surface area contributed by atoms with E-state index in [0.717, 1.165) is 18.2 Å². The molecule has 0 aliphatic carbocycles. The van der Waals surface area contributed by atoms with Crippen molar-refractivity contribution in [3.05, 3.63) is 50.5 Å². The number of nitro groups is 1. The number of nitrogens with zero attached hydrogens (tertiary/aromatic N) is 1. The number of hydrogen-bond acceptors (Lipinski definition) is 5. The lowest BCUT2D eigenvalue weighted by molar-refractivity contribution is -0.384. The summed E-state index contributed by atoms with van der Waals surface area (Å²) < 4.78 is 44.2. The molecule has 7 nitrogen and oxygen atoms in total. The maximum Gasteiger partial charge on any atom is 0.417 e. The molecule has 0 radical (unpaired) electrons. The molecule has 25 heavy (non-hydrogen) atoms. The highest BCUT2D eigenvalue weighted by molar-refractivity contribution is 6.31. The summed E-state index contributed by atoms with van der Waals surface area (Å²) >= 11 is 5.61. The van der Waals surface area contributed by atoms with Gasteiger partial charge in [0.2, 0.25) is 0 Å². The Morgan fingerprint density at radius 2 is 1.92 bits per heavy atom. The molecule has 0 saturated carbocycles. The van der Waals surface area contributed by atoms with E-state index >= 15 is 0 Å². The summed E-state index contributed by atoms with van der Waals surface area (Å²) in [7, 11) is 0. The van der Waals surface area contributed by atoms with E-state index in [1.807, 2.05) is 0 Å². The molecule has 0 saturated heterocycles. The summed E-state index contributed by atoms with van der Waals surface area (Å²) in [5, 5.41) is 22.0.